The Hall–Kier alpha value is -2.04. The van der Waals surface area contributed by atoms with Crippen LogP contribution in [0.15, 0.2) is 18.2 Å². The van der Waals surface area contributed by atoms with Crippen molar-refractivity contribution in [2.75, 3.05) is 17.2 Å². The Morgan fingerprint density at radius 2 is 2.05 bits per heavy atom. The van der Waals surface area contributed by atoms with Gasteiger partial charge in [-0.25, -0.2) is 4.79 Å². The molecule has 5 nitrogen and oxygen atoms in total. The molecule has 0 saturated heterocycles. The second-order valence-electron chi connectivity index (χ2n) is 6.16. The third-order valence-electron chi connectivity index (χ3n) is 3.99. The van der Waals surface area contributed by atoms with Crippen LogP contribution in [-0.2, 0) is 14.9 Å². The van der Waals surface area contributed by atoms with Crippen LogP contribution >= 0.6 is 0 Å². The van der Waals surface area contributed by atoms with Gasteiger partial charge in [0.15, 0.2) is 0 Å². The Bertz CT molecular complexity index is 567. The van der Waals surface area contributed by atoms with Crippen LogP contribution in [0.1, 0.15) is 52.0 Å². The number of rotatable bonds is 6. The van der Waals surface area contributed by atoms with Crippen LogP contribution in [0.25, 0.3) is 0 Å². The summed E-state index contributed by atoms with van der Waals surface area (Å²) in [6.07, 6.45) is 3.81. The number of benzene rings is 1. The molecule has 0 fully saturated rings. The minimum Gasteiger partial charge on any atom is -0.449 e. The van der Waals surface area contributed by atoms with E-state index in [1.165, 1.54) is 0 Å². The molecule has 2 amide bonds. The highest BCUT2D eigenvalue weighted by atomic mass is 16.5. The molecule has 0 spiro atoms. The Morgan fingerprint density at radius 3 is 2.77 bits per heavy atom. The number of hydrogen-bond donors (Lipinski definition) is 2. The summed E-state index contributed by atoms with van der Waals surface area (Å²) in [5.74, 6) is -0.0295. The molecule has 0 radical (unpaired) electrons. The topological polar surface area (TPSA) is 67.4 Å². The number of unbranched alkanes of at least 4 members (excludes halogenated alkanes) is 3. The van der Waals surface area contributed by atoms with Gasteiger partial charge in [-0.3, -0.25) is 10.1 Å². The molecular formula is C17H24N2O3. The molecule has 2 rings (SSSR count). The van der Waals surface area contributed by atoms with Crippen molar-refractivity contribution in [3.63, 3.8) is 0 Å². The molecule has 1 aliphatic rings. The lowest BCUT2D eigenvalue weighted by Gasteiger charge is -2.15. The number of anilines is 2. The van der Waals surface area contributed by atoms with E-state index < -0.39 is 11.5 Å². The molecule has 22 heavy (non-hydrogen) atoms. The maximum atomic E-state index is 11.9. The molecule has 0 bridgehead atoms. The van der Waals surface area contributed by atoms with Crippen LogP contribution in [-0.4, -0.2) is 18.6 Å². The van der Waals surface area contributed by atoms with E-state index in [1.807, 2.05) is 19.9 Å². The van der Waals surface area contributed by atoms with Gasteiger partial charge in [0.25, 0.3) is 0 Å². The van der Waals surface area contributed by atoms with Gasteiger partial charge in [-0.15, -0.1) is 0 Å². The molecule has 0 unspecified atom stereocenters. The van der Waals surface area contributed by atoms with Crippen molar-refractivity contribution in [2.45, 2.75) is 51.9 Å². The van der Waals surface area contributed by atoms with Gasteiger partial charge in [0.2, 0.25) is 5.91 Å². The van der Waals surface area contributed by atoms with Crippen molar-refractivity contribution in [1.29, 1.82) is 0 Å². The summed E-state index contributed by atoms with van der Waals surface area (Å²) in [5.41, 5.74) is 1.77. The van der Waals surface area contributed by atoms with Crippen LogP contribution in [0.5, 0.6) is 0 Å². The average Bonchev–Trinajstić information content (AvgIpc) is 2.68. The number of ether oxygens (including phenoxy) is 1. The molecule has 1 aliphatic heterocycles. The molecular weight excluding hydrogens is 280 g/mol. The van der Waals surface area contributed by atoms with Gasteiger partial charge >= 0.3 is 6.09 Å². The number of fused-ring (bicyclic) bond motifs is 1. The van der Waals surface area contributed by atoms with E-state index in [-0.39, 0.29) is 5.91 Å². The summed E-state index contributed by atoms with van der Waals surface area (Å²) in [6.45, 7) is 6.33. The molecule has 0 aromatic heterocycles. The smallest absolute Gasteiger partial charge is 0.411 e. The largest absolute Gasteiger partial charge is 0.449 e. The minimum absolute atomic E-state index is 0.0295. The van der Waals surface area contributed by atoms with E-state index >= 15 is 0 Å². The first-order valence-electron chi connectivity index (χ1n) is 7.85. The lowest BCUT2D eigenvalue weighted by atomic mass is 9.86. The Balaban J connectivity index is 1.89. The summed E-state index contributed by atoms with van der Waals surface area (Å²) in [4.78, 5) is 23.6. The Kier molecular flexibility index (Phi) is 5.06. The van der Waals surface area contributed by atoms with Gasteiger partial charge in [-0.2, -0.15) is 0 Å². The highest BCUT2D eigenvalue weighted by molar-refractivity contribution is 6.06. The van der Waals surface area contributed by atoms with Gasteiger partial charge in [-0.05, 0) is 38.0 Å². The monoisotopic (exact) mass is 304 g/mol. The van der Waals surface area contributed by atoms with E-state index in [2.05, 4.69) is 17.6 Å². The van der Waals surface area contributed by atoms with Gasteiger partial charge < -0.3 is 10.1 Å². The standard InChI is InChI=1S/C17H24N2O3/c1-4-5-6-7-10-22-16(21)18-12-8-9-13-14(11-12)19-15(20)17(13,2)3/h8-9,11H,4-7,10H2,1-3H3,(H,18,21)(H,19,20). The van der Waals surface area contributed by atoms with Crippen molar-refractivity contribution in [1.82, 2.24) is 0 Å². The maximum Gasteiger partial charge on any atom is 0.411 e. The predicted octanol–water partition coefficient (Wildman–Crippen LogP) is 4.05. The predicted molar refractivity (Wildman–Crippen MR) is 87.2 cm³/mol. The first-order valence-corrected chi connectivity index (χ1v) is 7.85. The van der Waals surface area contributed by atoms with Gasteiger partial charge in [0.1, 0.15) is 0 Å². The zero-order valence-corrected chi connectivity index (χ0v) is 13.5. The second-order valence-corrected chi connectivity index (χ2v) is 6.16. The third kappa shape index (κ3) is 3.59. The van der Waals surface area contributed by atoms with Crippen LogP contribution in [0, 0.1) is 0 Å². The minimum atomic E-state index is -0.534. The fraction of sp³-hybridized carbons (Fsp3) is 0.529. The van der Waals surface area contributed by atoms with E-state index in [0.29, 0.717) is 12.3 Å². The van der Waals surface area contributed by atoms with Crippen LogP contribution in [0.3, 0.4) is 0 Å². The summed E-state index contributed by atoms with van der Waals surface area (Å²) in [7, 11) is 0. The molecule has 0 atom stereocenters. The fourth-order valence-corrected chi connectivity index (χ4v) is 2.52. The molecule has 1 aromatic rings. The van der Waals surface area contributed by atoms with Crippen molar-refractivity contribution in [3.8, 4) is 0 Å². The van der Waals surface area contributed by atoms with E-state index in [0.717, 1.165) is 36.9 Å². The van der Waals surface area contributed by atoms with E-state index in [1.54, 1.807) is 12.1 Å². The summed E-state index contributed by atoms with van der Waals surface area (Å²) in [5, 5.41) is 5.53. The first kappa shape index (κ1) is 16.3. The average molecular weight is 304 g/mol. The summed E-state index contributed by atoms with van der Waals surface area (Å²) in [6, 6.07) is 5.42. The molecule has 2 N–H and O–H groups in total. The molecule has 5 heteroatoms. The fourth-order valence-electron chi connectivity index (χ4n) is 2.52. The Labute approximate surface area is 131 Å². The highest BCUT2D eigenvalue weighted by Gasteiger charge is 2.38. The second kappa shape index (κ2) is 6.81. The zero-order chi connectivity index (χ0) is 16.2. The highest BCUT2D eigenvalue weighted by Crippen LogP contribution is 2.38. The van der Waals surface area contributed by atoms with Crippen molar-refractivity contribution >= 4 is 23.4 Å². The molecule has 120 valence electrons. The SMILES string of the molecule is CCCCCCOC(=O)Nc1ccc2c(c1)NC(=O)C2(C)C. The van der Waals surface area contributed by atoms with Crippen molar-refractivity contribution in [3.05, 3.63) is 23.8 Å². The number of carbonyl (C=O) groups is 2. The van der Waals surface area contributed by atoms with Gasteiger partial charge in [-0.1, -0.05) is 32.3 Å². The number of amides is 2. The van der Waals surface area contributed by atoms with Crippen LogP contribution < -0.4 is 10.6 Å². The van der Waals surface area contributed by atoms with Crippen molar-refractivity contribution < 1.29 is 14.3 Å². The zero-order valence-electron chi connectivity index (χ0n) is 13.5. The first-order chi connectivity index (χ1) is 10.4. The summed E-state index contributed by atoms with van der Waals surface area (Å²) < 4.78 is 5.14. The third-order valence-corrected chi connectivity index (χ3v) is 3.99. The van der Waals surface area contributed by atoms with Crippen LogP contribution in [0.2, 0.25) is 0 Å². The quantitative estimate of drug-likeness (QED) is 0.779. The lowest BCUT2D eigenvalue weighted by Crippen LogP contribution is -2.26. The van der Waals surface area contributed by atoms with E-state index in [9.17, 15) is 9.59 Å². The molecule has 1 aromatic carbocycles. The van der Waals surface area contributed by atoms with Gasteiger partial charge in [0, 0.05) is 11.4 Å². The van der Waals surface area contributed by atoms with Crippen LogP contribution in [0.4, 0.5) is 16.2 Å². The molecule has 1 heterocycles. The maximum absolute atomic E-state index is 11.9. The number of nitrogens with one attached hydrogen (secondary N) is 2. The van der Waals surface area contributed by atoms with E-state index in [4.69, 9.17) is 4.74 Å². The Morgan fingerprint density at radius 1 is 1.27 bits per heavy atom. The van der Waals surface area contributed by atoms with Gasteiger partial charge in [0.05, 0.1) is 12.0 Å². The molecule has 0 saturated carbocycles. The summed E-state index contributed by atoms with van der Waals surface area (Å²) >= 11 is 0. The number of hydrogen-bond acceptors (Lipinski definition) is 3. The lowest BCUT2D eigenvalue weighted by molar-refractivity contribution is -0.119. The number of carbonyl (C=O) groups excluding carboxylic acids is 2. The normalized spacial score (nSPS) is 15.1. The van der Waals surface area contributed by atoms with Crippen molar-refractivity contribution in [2.24, 2.45) is 0 Å². The molecule has 0 aliphatic carbocycles.